The van der Waals surface area contributed by atoms with Gasteiger partial charge in [-0.2, -0.15) is 18.2 Å². The van der Waals surface area contributed by atoms with Gasteiger partial charge in [-0.3, -0.25) is 0 Å². The van der Waals surface area contributed by atoms with Gasteiger partial charge in [-0.25, -0.2) is 0 Å². The van der Waals surface area contributed by atoms with Crippen LogP contribution in [-0.4, -0.2) is 11.0 Å². The van der Waals surface area contributed by atoms with Gasteiger partial charge in [-0.05, 0) is 25.0 Å². The van der Waals surface area contributed by atoms with E-state index in [0.717, 1.165) is 11.7 Å². The van der Waals surface area contributed by atoms with Crippen LogP contribution in [0.25, 0.3) is 0 Å². The van der Waals surface area contributed by atoms with Crippen LogP contribution in [0.4, 0.5) is 0 Å². The van der Waals surface area contributed by atoms with Gasteiger partial charge < -0.3 is 6.92 Å². The molecule has 0 heterocycles. The maximum atomic E-state index is 3.87. The standard InChI is InChI=1S/C13H25S.Li/c1-2-3-4-5-6-9-12-14-13-10-7-8-11-13;/h13H,1-12H2;/q-1;+1. The molecule has 0 aromatic heterocycles. The smallest absolute Gasteiger partial charge is 0.343 e. The summed E-state index contributed by atoms with van der Waals surface area (Å²) in [6.45, 7) is 3.87. The van der Waals surface area contributed by atoms with Crippen LogP contribution in [0.1, 0.15) is 64.2 Å². The molecular formula is C13H25LiS. The molecule has 1 aliphatic rings. The molecule has 0 bridgehead atoms. The molecule has 0 radical (unpaired) electrons. The molecule has 0 aliphatic heterocycles. The third-order valence-electron chi connectivity index (χ3n) is 3.05. The number of thioether (sulfide) groups is 1. The Bertz CT molecular complexity index is 122. The van der Waals surface area contributed by atoms with E-state index in [2.05, 4.69) is 18.7 Å². The zero-order valence-corrected chi connectivity index (χ0v) is 11.3. The van der Waals surface area contributed by atoms with Crippen molar-refractivity contribution in [2.75, 3.05) is 5.75 Å². The van der Waals surface area contributed by atoms with E-state index in [9.17, 15) is 0 Å². The first-order chi connectivity index (χ1) is 6.93. The van der Waals surface area contributed by atoms with Crippen LogP contribution in [0.15, 0.2) is 0 Å². The third kappa shape index (κ3) is 8.72. The van der Waals surface area contributed by atoms with Gasteiger partial charge in [0.15, 0.2) is 0 Å². The number of hydrogen-bond acceptors (Lipinski definition) is 1. The summed E-state index contributed by atoms with van der Waals surface area (Å²) >= 11 is 2.24. The Hall–Kier alpha value is 0.947. The zero-order valence-electron chi connectivity index (χ0n) is 10.5. The van der Waals surface area contributed by atoms with E-state index in [0.29, 0.717) is 0 Å². The van der Waals surface area contributed by atoms with Crippen LogP contribution in [0.3, 0.4) is 0 Å². The van der Waals surface area contributed by atoms with Crippen LogP contribution in [-0.2, 0) is 0 Å². The Morgan fingerprint density at radius 1 is 0.933 bits per heavy atom. The molecule has 15 heavy (non-hydrogen) atoms. The van der Waals surface area contributed by atoms with Crippen LogP contribution >= 0.6 is 11.8 Å². The summed E-state index contributed by atoms with van der Waals surface area (Å²) in [5.41, 5.74) is 0. The van der Waals surface area contributed by atoms with E-state index in [4.69, 9.17) is 0 Å². The molecule has 0 nitrogen and oxygen atoms in total. The second kappa shape index (κ2) is 11.4. The first-order valence-electron chi connectivity index (χ1n) is 6.34. The van der Waals surface area contributed by atoms with E-state index < -0.39 is 0 Å². The van der Waals surface area contributed by atoms with Gasteiger partial charge in [0.2, 0.25) is 0 Å². The quantitative estimate of drug-likeness (QED) is 0.342. The fraction of sp³-hybridized carbons (Fsp3) is 0.923. The van der Waals surface area contributed by atoms with Crippen molar-refractivity contribution >= 4 is 11.8 Å². The Balaban J connectivity index is 0.00000196. The molecule has 1 saturated carbocycles. The minimum absolute atomic E-state index is 0. The molecule has 0 atom stereocenters. The Morgan fingerprint density at radius 2 is 1.53 bits per heavy atom. The molecule has 1 aliphatic carbocycles. The maximum Gasteiger partial charge on any atom is 1.00 e. The fourth-order valence-corrected chi connectivity index (χ4v) is 3.48. The number of rotatable bonds is 8. The van der Waals surface area contributed by atoms with Crippen molar-refractivity contribution in [3.63, 3.8) is 0 Å². The molecule has 0 amide bonds. The molecule has 0 aromatic rings. The normalized spacial score (nSPS) is 16.6. The van der Waals surface area contributed by atoms with E-state index in [-0.39, 0.29) is 18.9 Å². The summed E-state index contributed by atoms with van der Waals surface area (Å²) < 4.78 is 0. The van der Waals surface area contributed by atoms with Crippen LogP contribution in [0, 0.1) is 6.92 Å². The topological polar surface area (TPSA) is 0 Å². The van der Waals surface area contributed by atoms with E-state index in [1.54, 1.807) is 0 Å². The summed E-state index contributed by atoms with van der Waals surface area (Å²) in [7, 11) is 0. The van der Waals surface area contributed by atoms with Gasteiger partial charge in [0.05, 0.1) is 0 Å². The van der Waals surface area contributed by atoms with Gasteiger partial charge in [0.25, 0.3) is 0 Å². The summed E-state index contributed by atoms with van der Waals surface area (Å²) in [6, 6.07) is 0. The van der Waals surface area contributed by atoms with Crippen molar-refractivity contribution in [1.82, 2.24) is 0 Å². The molecular weight excluding hydrogens is 195 g/mol. The predicted molar refractivity (Wildman–Crippen MR) is 67.8 cm³/mol. The first-order valence-corrected chi connectivity index (χ1v) is 7.39. The monoisotopic (exact) mass is 220 g/mol. The second-order valence-corrected chi connectivity index (χ2v) is 5.81. The van der Waals surface area contributed by atoms with Crippen molar-refractivity contribution in [3.8, 4) is 0 Å². The summed E-state index contributed by atoms with van der Waals surface area (Å²) in [6.07, 6.45) is 14.1. The molecule has 0 aromatic carbocycles. The number of unbranched alkanes of at least 4 members (excludes halogenated alkanes) is 5. The Kier molecular flexibility index (Phi) is 12.2. The average Bonchev–Trinajstić information content (AvgIpc) is 2.69. The maximum absolute atomic E-state index is 3.87. The van der Waals surface area contributed by atoms with Gasteiger partial charge in [0.1, 0.15) is 0 Å². The minimum atomic E-state index is 0. The van der Waals surface area contributed by atoms with Gasteiger partial charge >= 0.3 is 18.9 Å². The van der Waals surface area contributed by atoms with E-state index in [1.807, 2.05) is 0 Å². The third-order valence-corrected chi connectivity index (χ3v) is 4.52. The molecule has 84 valence electrons. The predicted octanol–water partition coefficient (Wildman–Crippen LogP) is 1.84. The molecule has 0 N–H and O–H groups in total. The SMILES string of the molecule is [CH2-]CCCCCCCSC1CCCC1.[Li+]. The largest absolute Gasteiger partial charge is 1.00 e. The molecule has 0 unspecified atom stereocenters. The van der Waals surface area contributed by atoms with Crippen molar-refractivity contribution in [2.45, 2.75) is 69.5 Å². The Labute approximate surface area is 113 Å². The van der Waals surface area contributed by atoms with E-state index >= 15 is 0 Å². The van der Waals surface area contributed by atoms with Gasteiger partial charge in [-0.1, -0.05) is 38.5 Å². The first kappa shape index (κ1) is 15.9. The average molecular weight is 220 g/mol. The summed E-state index contributed by atoms with van der Waals surface area (Å²) in [4.78, 5) is 0. The van der Waals surface area contributed by atoms with Crippen molar-refractivity contribution in [3.05, 3.63) is 6.92 Å². The number of hydrogen-bond donors (Lipinski definition) is 0. The van der Waals surface area contributed by atoms with Gasteiger partial charge in [-0.15, -0.1) is 0 Å². The molecule has 0 spiro atoms. The molecule has 0 saturated heterocycles. The van der Waals surface area contributed by atoms with Crippen LogP contribution < -0.4 is 18.9 Å². The van der Waals surface area contributed by atoms with Crippen molar-refractivity contribution < 1.29 is 18.9 Å². The molecule has 1 rings (SSSR count). The fourth-order valence-electron chi connectivity index (χ4n) is 2.11. The van der Waals surface area contributed by atoms with Crippen molar-refractivity contribution in [2.24, 2.45) is 0 Å². The molecule has 2 heteroatoms. The second-order valence-electron chi connectivity index (χ2n) is 4.40. The summed E-state index contributed by atoms with van der Waals surface area (Å²) in [5, 5.41) is 1.02. The van der Waals surface area contributed by atoms with Crippen molar-refractivity contribution in [1.29, 1.82) is 0 Å². The van der Waals surface area contributed by atoms with Crippen LogP contribution in [0.5, 0.6) is 0 Å². The van der Waals surface area contributed by atoms with Gasteiger partial charge in [0, 0.05) is 5.25 Å². The molecule has 1 fully saturated rings. The van der Waals surface area contributed by atoms with Crippen LogP contribution in [0.2, 0.25) is 0 Å². The summed E-state index contributed by atoms with van der Waals surface area (Å²) in [5.74, 6) is 1.41. The zero-order chi connectivity index (χ0) is 10.1. The van der Waals surface area contributed by atoms with E-state index in [1.165, 1.54) is 63.5 Å². The minimum Gasteiger partial charge on any atom is -0.343 e. The Morgan fingerprint density at radius 3 is 2.20 bits per heavy atom.